The van der Waals surface area contributed by atoms with Crippen molar-refractivity contribution in [3.63, 3.8) is 0 Å². The summed E-state index contributed by atoms with van der Waals surface area (Å²) >= 11 is 1.86. The van der Waals surface area contributed by atoms with E-state index >= 15 is 0 Å². The van der Waals surface area contributed by atoms with Crippen LogP contribution in [0.25, 0.3) is 0 Å². The molecule has 1 aromatic carbocycles. The number of aliphatic imine (C=N–C) groups is 1. The van der Waals surface area contributed by atoms with E-state index in [1.165, 1.54) is 11.1 Å². The molecule has 0 saturated carbocycles. The van der Waals surface area contributed by atoms with Crippen molar-refractivity contribution in [3.05, 3.63) is 35.4 Å². The molecule has 0 aliphatic carbocycles. The van der Waals surface area contributed by atoms with Gasteiger partial charge in [-0.3, -0.25) is 0 Å². The van der Waals surface area contributed by atoms with Gasteiger partial charge >= 0.3 is 0 Å². The predicted molar refractivity (Wildman–Crippen MR) is 107 cm³/mol. The van der Waals surface area contributed by atoms with Gasteiger partial charge in [-0.15, -0.1) is 24.0 Å². The van der Waals surface area contributed by atoms with Gasteiger partial charge in [0.1, 0.15) is 0 Å². The van der Waals surface area contributed by atoms with Crippen LogP contribution >= 0.6 is 35.7 Å². The summed E-state index contributed by atoms with van der Waals surface area (Å²) in [4.78, 5) is 4.64. The Morgan fingerprint density at radius 2 is 1.81 bits per heavy atom. The third-order valence-corrected chi connectivity index (χ3v) is 4.37. The number of rotatable bonds is 6. The first kappa shape index (κ1) is 20.6. The first-order chi connectivity index (χ1) is 9.46. The Bertz CT molecular complexity index is 430. The monoisotopic (exact) mass is 421 g/mol. The number of benzene rings is 1. The molecule has 2 N–H and O–H groups in total. The smallest absolute Gasteiger partial charge is 0.191 e. The minimum absolute atomic E-state index is 0. The van der Waals surface area contributed by atoms with Gasteiger partial charge in [-0.1, -0.05) is 29.8 Å². The standard InChI is InChI=1S/C16H27N3S.HI/c1-6-17-15(19-12-16(3,4)20-5)18-11-14-9-7-13(2)8-10-14;/h7-10H,6,11-12H2,1-5H3,(H2,17,18,19);1H. The Kier molecular flexibility index (Phi) is 10.1. The van der Waals surface area contributed by atoms with Gasteiger partial charge in [-0.25, -0.2) is 4.99 Å². The number of hydrogen-bond acceptors (Lipinski definition) is 2. The molecule has 21 heavy (non-hydrogen) atoms. The van der Waals surface area contributed by atoms with Crippen LogP contribution in [0.15, 0.2) is 29.3 Å². The first-order valence-electron chi connectivity index (χ1n) is 7.09. The minimum atomic E-state index is 0. The molecule has 5 heteroatoms. The Labute approximate surface area is 150 Å². The maximum absolute atomic E-state index is 4.64. The summed E-state index contributed by atoms with van der Waals surface area (Å²) in [6, 6.07) is 8.52. The van der Waals surface area contributed by atoms with E-state index in [9.17, 15) is 0 Å². The van der Waals surface area contributed by atoms with Crippen LogP contribution in [0.3, 0.4) is 0 Å². The molecule has 0 aliphatic heterocycles. The predicted octanol–water partition coefficient (Wildman–Crippen LogP) is 3.81. The van der Waals surface area contributed by atoms with Crippen molar-refractivity contribution in [2.75, 3.05) is 19.3 Å². The molecule has 0 aliphatic rings. The summed E-state index contributed by atoms with van der Waals surface area (Å²) in [5.74, 6) is 0.884. The molecule has 0 saturated heterocycles. The second kappa shape index (κ2) is 10.3. The highest BCUT2D eigenvalue weighted by Crippen LogP contribution is 2.19. The summed E-state index contributed by atoms with van der Waals surface area (Å²) in [6.45, 7) is 11.1. The second-order valence-electron chi connectivity index (χ2n) is 5.50. The molecule has 0 heterocycles. The highest BCUT2D eigenvalue weighted by molar-refractivity contribution is 14.0. The highest BCUT2D eigenvalue weighted by atomic mass is 127. The van der Waals surface area contributed by atoms with Gasteiger partial charge in [0, 0.05) is 17.8 Å². The number of halogens is 1. The Balaban J connectivity index is 0.00000400. The number of nitrogens with one attached hydrogen (secondary N) is 2. The lowest BCUT2D eigenvalue weighted by molar-refractivity contribution is 0.665. The van der Waals surface area contributed by atoms with Gasteiger partial charge < -0.3 is 10.6 Å². The van der Waals surface area contributed by atoms with Crippen molar-refractivity contribution in [2.24, 2.45) is 4.99 Å². The number of guanidine groups is 1. The molecule has 0 spiro atoms. The van der Waals surface area contributed by atoms with Crippen LogP contribution in [0.1, 0.15) is 31.9 Å². The summed E-state index contributed by atoms with van der Waals surface area (Å²) in [7, 11) is 0. The average Bonchev–Trinajstić information content (AvgIpc) is 2.44. The first-order valence-corrected chi connectivity index (χ1v) is 8.32. The van der Waals surface area contributed by atoms with Crippen molar-refractivity contribution in [2.45, 2.75) is 39.0 Å². The van der Waals surface area contributed by atoms with Crippen LogP contribution in [0.5, 0.6) is 0 Å². The largest absolute Gasteiger partial charge is 0.357 e. The second-order valence-corrected chi connectivity index (χ2v) is 7.01. The summed E-state index contributed by atoms with van der Waals surface area (Å²) in [6.07, 6.45) is 2.14. The molecular formula is C16H28IN3S. The topological polar surface area (TPSA) is 36.4 Å². The lowest BCUT2D eigenvalue weighted by Crippen LogP contribution is -2.43. The molecule has 0 bridgehead atoms. The average molecular weight is 421 g/mol. The van der Waals surface area contributed by atoms with E-state index in [4.69, 9.17) is 0 Å². The fraction of sp³-hybridized carbons (Fsp3) is 0.562. The Morgan fingerprint density at radius 3 is 2.33 bits per heavy atom. The Morgan fingerprint density at radius 1 is 1.19 bits per heavy atom. The summed E-state index contributed by atoms with van der Waals surface area (Å²) < 4.78 is 0.208. The van der Waals surface area contributed by atoms with Crippen LogP contribution in [0, 0.1) is 6.92 Å². The third-order valence-electron chi connectivity index (χ3n) is 3.12. The van der Waals surface area contributed by atoms with E-state index in [1.54, 1.807) is 0 Å². The summed E-state index contributed by atoms with van der Waals surface area (Å²) in [5, 5.41) is 6.70. The van der Waals surface area contributed by atoms with Crippen LogP contribution in [0.2, 0.25) is 0 Å². The number of aryl methyl sites for hydroxylation is 1. The van der Waals surface area contributed by atoms with E-state index in [1.807, 2.05) is 11.8 Å². The Hall–Kier alpha value is -0.430. The molecule has 0 aromatic heterocycles. The van der Waals surface area contributed by atoms with E-state index in [0.717, 1.165) is 19.0 Å². The minimum Gasteiger partial charge on any atom is -0.357 e. The number of thioether (sulfide) groups is 1. The molecule has 120 valence electrons. The van der Waals surface area contributed by atoms with Gasteiger partial charge in [0.05, 0.1) is 6.54 Å². The number of nitrogens with zero attached hydrogens (tertiary/aromatic N) is 1. The quantitative estimate of drug-likeness (QED) is 0.417. The van der Waals surface area contributed by atoms with Gasteiger partial charge in [0.2, 0.25) is 0 Å². The maximum atomic E-state index is 4.64. The van der Waals surface area contributed by atoms with Crippen molar-refractivity contribution in [3.8, 4) is 0 Å². The molecule has 1 rings (SSSR count). The van der Waals surface area contributed by atoms with Gasteiger partial charge in [0.15, 0.2) is 5.96 Å². The third kappa shape index (κ3) is 8.56. The molecular weight excluding hydrogens is 393 g/mol. The zero-order chi connectivity index (χ0) is 15.0. The van der Waals surface area contributed by atoms with E-state index in [2.05, 4.69) is 73.8 Å². The van der Waals surface area contributed by atoms with Crippen LogP contribution in [-0.2, 0) is 6.54 Å². The molecule has 3 nitrogen and oxygen atoms in total. The fourth-order valence-electron chi connectivity index (χ4n) is 1.57. The fourth-order valence-corrected chi connectivity index (χ4v) is 1.79. The van der Waals surface area contributed by atoms with Crippen molar-refractivity contribution in [1.29, 1.82) is 0 Å². The lowest BCUT2D eigenvalue weighted by atomic mass is 10.1. The van der Waals surface area contributed by atoms with E-state index < -0.39 is 0 Å². The lowest BCUT2D eigenvalue weighted by Gasteiger charge is -2.23. The van der Waals surface area contributed by atoms with Crippen molar-refractivity contribution >= 4 is 41.7 Å². The molecule has 0 amide bonds. The number of hydrogen-bond donors (Lipinski definition) is 2. The van der Waals surface area contributed by atoms with Crippen LogP contribution in [-0.4, -0.2) is 30.1 Å². The zero-order valence-electron chi connectivity index (χ0n) is 13.7. The molecule has 0 fully saturated rings. The van der Waals surface area contributed by atoms with E-state index in [0.29, 0.717) is 6.54 Å². The molecule has 1 aromatic rings. The van der Waals surface area contributed by atoms with Gasteiger partial charge in [0.25, 0.3) is 0 Å². The molecule has 0 atom stereocenters. The SMILES string of the molecule is CCNC(=NCc1ccc(C)cc1)NCC(C)(C)SC.I. The van der Waals surface area contributed by atoms with Crippen LogP contribution < -0.4 is 10.6 Å². The van der Waals surface area contributed by atoms with E-state index in [-0.39, 0.29) is 28.7 Å². The van der Waals surface area contributed by atoms with Crippen molar-refractivity contribution in [1.82, 2.24) is 10.6 Å². The van der Waals surface area contributed by atoms with Crippen molar-refractivity contribution < 1.29 is 0 Å². The molecule has 0 radical (unpaired) electrons. The van der Waals surface area contributed by atoms with Gasteiger partial charge in [-0.2, -0.15) is 11.8 Å². The highest BCUT2D eigenvalue weighted by Gasteiger charge is 2.15. The summed E-state index contributed by atoms with van der Waals surface area (Å²) in [5.41, 5.74) is 2.52. The zero-order valence-corrected chi connectivity index (χ0v) is 16.8. The maximum Gasteiger partial charge on any atom is 0.191 e. The molecule has 0 unspecified atom stereocenters. The normalized spacial score (nSPS) is 11.8. The van der Waals surface area contributed by atoms with Gasteiger partial charge in [-0.05, 0) is 39.5 Å². The van der Waals surface area contributed by atoms with Crippen LogP contribution in [0.4, 0.5) is 0 Å².